The summed E-state index contributed by atoms with van der Waals surface area (Å²) in [5.74, 6) is -1.23. The summed E-state index contributed by atoms with van der Waals surface area (Å²) < 4.78 is 15.4. The van der Waals surface area contributed by atoms with E-state index in [2.05, 4.69) is 10.6 Å². The van der Waals surface area contributed by atoms with E-state index in [4.69, 9.17) is 25.8 Å². The Morgan fingerprint density at radius 3 is 2.48 bits per heavy atom. The van der Waals surface area contributed by atoms with Gasteiger partial charge in [-0.05, 0) is 25.1 Å². The Balaban J connectivity index is 2.68. The average Bonchev–Trinajstić information content (AvgIpc) is 2.53. The molecule has 1 aromatic carbocycles. The summed E-state index contributed by atoms with van der Waals surface area (Å²) in [6, 6.07) is 4.71. The van der Waals surface area contributed by atoms with Crippen molar-refractivity contribution in [2.45, 2.75) is 12.5 Å². The van der Waals surface area contributed by atoms with Gasteiger partial charge in [0.05, 0.1) is 19.4 Å². The fourth-order valence-corrected chi connectivity index (χ4v) is 1.96. The second-order valence-corrected chi connectivity index (χ2v) is 5.50. The van der Waals surface area contributed by atoms with Crippen LogP contribution in [0.2, 0.25) is 5.02 Å². The Labute approximate surface area is 140 Å². The number of anilines is 1. The van der Waals surface area contributed by atoms with E-state index >= 15 is 0 Å². The summed E-state index contributed by atoms with van der Waals surface area (Å²) in [6.07, 6.45) is 0. The molecule has 0 saturated carbocycles. The third-order valence-electron chi connectivity index (χ3n) is 3.18. The van der Waals surface area contributed by atoms with Crippen LogP contribution in [0.4, 0.5) is 5.69 Å². The number of halogens is 1. The lowest BCUT2D eigenvalue weighted by molar-refractivity contribution is -0.137. The lowest BCUT2D eigenvalue weighted by atomic mass is 10.1. The number of ether oxygens (including phenoxy) is 3. The van der Waals surface area contributed by atoms with Gasteiger partial charge in [0, 0.05) is 25.8 Å². The lowest BCUT2D eigenvalue weighted by Gasteiger charge is -2.27. The monoisotopic (exact) mass is 344 g/mol. The molecule has 1 atom stereocenters. The van der Waals surface area contributed by atoms with Crippen LogP contribution in [0, 0.1) is 0 Å². The standard InChI is InChI=1S/C15H21ClN2O5/c1-15(23-4,9-21-2)8-17-13(19)14(20)18-11-7-10(16)5-6-12(11)22-3/h5-7H,8-9H2,1-4H3,(H,17,19)(H,18,20)/t15-/m0/s1. The summed E-state index contributed by atoms with van der Waals surface area (Å²) in [6.45, 7) is 2.15. The maximum atomic E-state index is 12.0. The minimum Gasteiger partial charge on any atom is -0.495 e. The molecule has 0 aliphatic carbocycles. The molecule has 0 aliphatic heterocycles. The average molecular weight is 345 g/mol. The van der Waals surface area contributed by atoms with Crippen LogP contribution in [0.5, 0.6) is 5.75 Å². The zero-order valence-electron chi connectivity index (χ0n) is 13.6. The van der Waals surface area contributed by atoms with Crippen LogP contribution in [0.15, 0.2) is 18.2 Å². The van der Waals surface area contributed by atoms with E-state index in [1.165, 1.54) is 27.4 Å². The van der Waals surface area contributed by atoms with Crippen LogP contribution in [0.1, 0.15) is 6.92 Å². The number of methoxy groups -OCH3 is 3. The summed E-state index contributed by atoms with van der Waals surface area (Å²) in [5, 5.41) is 5.37. The molecular formula is C15H21ClN2O5. The summed E-state index contributed by atoms with van der Waals surface area (Å²) in [5.41, 5.74) is -0.412. The van der Waals surface area contributed by atoms with E-state index in [-0.39, 0.29) is 13.2 Å². The number of benzene rings is 1. The molecule has 2 amide bonds. The van der Waals surface area contributed by atoms with Crippen LogP contribution < -0.4 is 15.4 Å². The SMILES string of the molecule is COC[C@](C)(CNC(=O)C(=O)Nc1cc(Cl)ccc1OC)OC. The molecule has 8 heteroatoms. The highest BCUT2D eigenvalue weighted by Gasteiger charge is 2.26. The van der Waals surface area contributed by atoms with Crippen molar-refractivity contribution < 1.29 is 23.8 Å². The van der Waals surface area contributed by atoms with Gasteiger partial charge >= 0.3 is 11.8 Å². The minimum atomic E-state index is -0.832. The minimum absolute atomic E-state index is 0.121. The predicted molar refractivity (Wildman–Crippen MR) is 86.9 cm³/mol. The highest BCUT2D eigenvalue weighted by Crippen LogP contribution is 2.27. The topological polar surface area (TPSA) is 85.9 Å². The Morgan fingerprint density at radius 1 is 1.22 bits per heavy atom. The van der Waals surface area contributed by atoms with Gasteiger partial charge < -0.3 is 24.8 Å². The maximum absolute atomic E-state index is 12.0. The van der Waals surface area contributed by atoms with Gasteiger partial charge in [0.2, 0.25) is 0 Å². The molecule has 0 bridgehead atoms. The number of nitrogens with one attached hydrogen (secondary N) is 2. The van der Waals surface area contributed by atoms with Gasteiger partial charge in [0.1, 0.15) is 11.4 Å². The molecule has 0 fully saturated rings. The molecule has 0 heterocycles. The number of carbonyl (C=O) groups excluding carboxylic acids is 2. The number of hydrogen-bond acceptors (Lipinski definition) is 5. The van der Waals surface area contributed by atoms with Crippen molar-refractivity contribution in [2.75, 3.05) is 39.8 Å². The first-order valence-corrected chi connectivity index (χ1v) is 7.20. The fourth-order valence-electron chi connectivity index (χ4n) is 1.79. The molecule has 23 heavy (non-hydrogen) atoms. The molecule has 0 spiro atoms. The largest absolute Gasteiger partial charge is 0.495 e. The molecule has 7 nitrogen and oxygen atoms in total. The Hall–Kier alpha value is -1.83. The highest BCUT2D eigenvalue weighted by molar-refractivity contribution is 6.40. The van der Waals surface area contributed by atoms with Crippen LogP contribution in [0.3, 0.4) is 0 Å². The first kappa shape index (κ1) is 19.2. The van der Waals surface area contributed by atoms with Crippen molar-refractivity contribution >= 4 is 29.1 Å². The lowest BCUT2D eigenvalue weighted by Crippen LogP contribution is -2.48. The van der Waals surface area contributed by atoms with Crippen LogP contribution in [-0.2, 0) is 19.1 Å². The normalized spacial score (nSPS) is 13.1. The quantitative estimate of drug-likeness (QED) is 0.731. The zero-order valence-corrected chi connectivity index (χ0v) is 14.3. The van der Waals surface area contributed by atoms with Crippen LogP contribution >= 0.6 is 11.6 Å². The zero-order chi connectivity index (χ0) is 17.5. The van der Waals surface area contributed by atoms with Crippen molar-refractivity contribution in [2.24, 2.45) is 0 Å². The van der Waals surface area contributed by atoms with Crippen molar-refractivity contribution in [1.82, 2.24) is 5.32 Å². The number of hydrogen-bond donors (Lipinski definition) is 2. The number of rotatable bonds is 7. The van der Waals surface area contributed by atoms with E-state index in [1.807, 2.05) is 0 Å². The summed E-state index contributed by atoms with van der Waals surface area (Å²) in [4.78, 5) is 23.9. The summed E-state index contributed by atoms with van der Waals surface area (Å²) in [7, 11) is 4.48. The van der Waals surface area contributed by atoms with Gasteiger partial charge in [-0.25, -0.2) is 0 Å². The van der Waals surface area contributed by atoms with E-state index < -0.39 is 17.4 Å². The van der Waals surface area contributed by atoms with Crippen molar-refractivity contribution in [1.29, 1.82) is 0 Å². The fraction of sp³-hybridized carbons (Fsp3) is 0.467. The van der Waals surface area contributed by atoms with Crippen molar-refractivity contribution in [3.8, 4) is 5.75 Å². The molecular weight excluding hydrogens is 324 g/mol. The van der Waals surface area contributed by atoms with Gasteiger partial charge in [-0.1, -0.05) is 11.6 Å². The molecule has 1 rings (SSSR count). The second-order valence-electron chi connectivity index (χ2n) is 5.07. The van der Waals surface area contributed by atoms with Crippen LogP contribution in [-0.4, -0.2) is 51.9 Å². The first-order chi connectivity index (χ1) is 10.8. The highest BCUT2D eigenvalue weighted by atomic mass is 35.5. The maximum Gasteiger partial charge on any atom is 0.313 e. The van der Waals surface area contributed by atoms with Crippen molar-refractivity contribution in [3.05, 3.63) is 23.2 Å². The van der Waals surface area contributed by atoms with Gasteiger partial charge in [0.25, 0.3) is 0 Å². The molecule has 0 saturated heterocycles. The van der Waals surface area contributed by atoms with E-state index in [1.54, 1.807) is 19.1 Å². The van der Waals surface area contributed by atoms with Crippen molar-refractivity contribution in [3.63, 3.8) is 0 Å². The molecule has 128 valence electrons. The molecule has 0 aromatic heterocycles. The van der Waals surface area contributed by atoms with Gasteiger partial charge in [0.15, 0.2) is 0 Å². The van der Waals surface area contributed by atoms with Gasteiger partial charge in [-0.15, -0.1) is 0 Å². The first-order valence-electron chi connectivity index (χ1n) is 6.82. The third kappa shape index (κ3) is 5.70. The Morgan fingerprint density at radius 2 is 1.91 bits per heavy atom. The molecule has 2 N–H and O–H groups in total. The van der Waals surface area contributed by atoms with Gasteiger partial charge in [-0.3, -0.25) is 9.59 Å². The molecule has 0 unspecified atom stereocenters. The smallest absolute Gasteiger partial charge is 0.313 e. The number of carbonyl (C=O) groups is 2. The molecule has 0 radical (unpaired) electrons. The van der Waals surface area contributed by atoms with E-state index in [9.17, 15) is 9.59 Å². The predicted octanol–water partition coefficient (Wildman–Crippen LogP) is 1.45. The molecule has 1 aromatic rings. The Bertz CT molecular complexity index is 567. The van der Waals surface area contributed by atoms with E-state index in [0.717, 1.165) is 0 Å². The van der Waals surface area contributed by atoms with Gasteiger partial charge in [-0.2, -0.15) is 0 Å². The van der Waals surface area contributed by atoms with E-state index in [0.29, 0.717) is 16.5 Å². The molecule has 0 aliphatic rings. The second kappa shape index (κ2) is 8.71. The Kier molecular flexibility index (Phi) is 7.28. The summed E-state index contributed by atoms with van der Waals surface area (Å²) >= 11 is 5.87. The van der Waals surface area contributed by atoms with Crippen LogP contribution in [0.25, 0.3) is 0 Å². The number of amides is 2. The third-order valence-corrected chi connectivity index (χ3v) is 3.42.